The molecule has 0 aliphatic rings. The molecule has 0 bridgehead atoms. The van der Waals surface area contributed by atoms with Crippen molar-refractivity contribution < 1.29 is 14.3 Å². The molecule has 2 aromatic rings. The molecule has 0 saturated heterocycles. The number of nitrogens with one attached hydrogen (secondary N) is 2. The van der Waals surface area contributed by atoms with E-state index in [-0.39, 0.29) is 12.0 Å². The smallest absolute Gasteiger partial charge is 0.252 e. The summed E-state index contributed by atoms with van der Waals surface area (Å²) >= 11 is 0. The maximum absolute atomic E-state index is 12.1. The number of anilines is 2. The summed E-state index contributed by atoms with van der Waals surface area (Å²) in [6.07, 6.45) is 4.15. The number of hydrogen-bond acceptors (Lipinski definition) is 5. The van der Waals surface area contributed by atoms with E-state index in [4.69, 9.17) is 9.47 Å². The van der Waals surface area contributed by atoms with E-state index in [1.807, 2.05) is 38.1 Å². The molecule has 2 rings (SSSR count). The largest absolute Gasteiger partial charge is 0.491 e. The lowest BCUT2D eigenvalue weighted by Gasteiger charge is -2.11. The number of methoxy groups -OCH3 is 1. The molecule has 0 atom stereocenters. The fourth-order valence-electron chi connectivity index (χ4n) is 2.21. The Morgan fingerprint density at radius 2 is 1.92 bits per heavy atom. The number of rotatable bonds is 9. The standard InChI is InChI=1S/C19H25N3O3/c1-14(2)25-18-7-5-16(6-8-18)22-17-11-15(12-20-13-17)19(23)21-9-4-10-24-3/h5-8,11-14,22H,4,9-10H2,1-3H3,(H,21,23). The van der Waals surface area contributed by atoms with Crippen molar-refractivity contribution in [2.24, 2.45) is 0 Å². The number of amides is 1. The molecular formula is C19H25N3O3. The third-order valence-corrected chi connectivity index (χ3v) is 3.33. The summed E-state index contributed by atoms with van der Waals surface area (Å²) < 4.78 is 10.6. The van der Waals surface area contributed by atoms with Gasteiger partial charge in [-0.05, 0) is 50.6 Å². The van der Waals surface area contributed by atoms with Crippen LogP contribution in [0.2, 0.25) is 0 Å². The zero-order chi connectivity index (χ0) is 18.1. The first-order valence-corrected chi connectivity index (χ1v) is 8.34. The predicted molar refractivity (Wildman–Crippen MR) is 98.6 cm³/mol. The first-order valence-electron chi connectivity index (χ1n) is 8.34. The number of pyridine rings is 1. The maximum Gasteiger partial charge on any atom is 0.252 e. The molecule has 0 fully saturated rings. The molecule has 0 aliphatic carbocycles. The van der Waals surface area contributed by atoms with Crippen LogP contribution >= 0.6 is 0 Å². The van der Waals surface area contributed by atoms with Crippen LogP contribution in [0.1, 0.15) is 30.6 Å². The number of benzene rings is 1. The summed E-state index contributed by atoms with van der Waals surface area (Å²) in [5, 5.41) is 6.09. The number of hydrogen-bond donors (Lipinski definition) is 2. The van der Waals surface area contributed by atoms with Crippen LogP contribution in [-0.4, -0.2) is 37.3 Å². The van der Waals surface area contributed by atoms with E-state index in [9.17, 15) is 4.79 Å². The predicted octanol–water partition coefficient (Wildman–Crippen LogP) is 3.38. The van der Waals surface area contributed by atoms with Gasteiger partial charge < -0.3 is 20.1 Å². The lowest BCUT2D eigenvalue weighted by Crippen LogP contribution is -2.25. The lowest BCUT2D eigenvalue weighted by molar-refractivity contribution is 0.0948. The quantitative estimate of drug-likeness (QED) is 0.683. The highest BCUT2D eigenvalue weighted by atomic mass is 16.5. The molecule has 0 radical (unpaired) electrons. The van der Waals surface area contributed by atoms with E-state index in [0.717, 1.165) is 23.5 Å². The van der Waals surface area contributed by atoms with Gasteiger partial charge in [-0.15, -0.1) is 0 Å². The molecule has 6 nitrogen and oxygen atoms in total. The molecule has 25 heavy (non-hydrogen) atoms. The number of carbonyl (C=O) groups excluding carboxylic acids is 1. The second-order valence-corrected chi connectivity index (χ2v) is 5.88. The fraction of sp³-hybridized carbons (Fsp3) is 0.368. The van der Waals surface area contributed by atoms with E-state index in [1.165, 1.54) is 0 Å². The van der Waals surface area contributed by atoms with Gasteiger partial charge in [0.2, 0.25) is 0 Å². The first-order chi connectivity index (χ1) is 12.1. The Hall–Kier alpha value is -2.60. The van der Waals surface area contributed by atoms with Gasteiger partial charge in [0.25, 0.3) is 5.91 Å². The van der Waals surface area contributed by atoms with Crippen LogP contribution in [0.25, 0.3) is 0 Å². The number of carbonyl (C=O) groups is 1. The molecule has 0 aliphatic heterocycles. The highest BCUT2D eigenvalue weighted by Crippen LogP contribution is 2.21. The molecular weight excluding hydrogens is 318 g/mol. The maximum atomic E-state index is 12.1. The Balaban J connectivity index is 1.95. The average molecular weight is 343 g/mol. The monoisotopic (exact) mass is 343 g/mol. The van der Waals surface area contributed by atoms with Gasteiger partial charge in [-0.1, -0.05) is 0 Å². The van der Waals surface area contributed by atoms with E-state index < -0.39 is 0 Å². The summed E-state index contributed by atoms with van der Waals surface area (Å²) in [4.78, 5) is 16.3. The van der Waals surface area contributed by atoms with Gasteiger partial charge >= 0.3 is 0 Å². The Morgan fingerprint density at radius 1 is 1.16 bits per heavy atom. The summed E-state index contributed by atoms with van der Waals surface area (Å²) in [5.74, 6) is 0.677. The van der Waals surface area contributed by atoms with E-state index in [2.05, 4.69) is 15.6 Å². The van der Waals surface area contributed by atoms with Crippen molar-refractivity contribution in [2.75, 3.05) is 25.6 Å². The second kappa shape index (κ2) is 9.64. The van der Waals surface area contributed by atoms with E-state index in [1.54, 1.807) is 25.6 Å². The Morgan fingerprint density at radius 3 is 2.60 bits per heavy atom. The average Bonchev–Trinajstić information content (AvgIpc) is 2.60. The van der Waals surface area contributed by atoms with Gasteiger partial charge in [0.15, 0.2) is 0 Å². The third kappa shape index (κ3) is 6.43. The second-order valence-electron chi connectivity index (χ2n) is 5.88. The summed E-state index contributed by atoms with van der Waals surface area (Å²) in [6, 6.07) is 9.44. The van der Waals surface area contributed by atoms with Gasteiger partial charge in [-0.2, -0.15) is 0 Å². The molecule has 1 aromatic heterocycles. The van der Waals surface area contributed by atoms with Gasteiger partial charge in [0, 0.05) is 32.1 Å². The molecule has 1 amide bonds. The van der Waals surface area contributed by atoms with Crippen LogP contribution in [-0.2, 0) is 4.74 Å². The SMILES string of the molecule is COCCCNC(=O)c1cncc(Nc2ccc(OC(C)C)cc2)c1. The number of nitrogens with zero attached hydrogens (tertiary/aromatic N) is 1. The van der Waals surface area contributed by atoms with Crippen molar-refractivity contribution in [1.82, 2.24) is 10.3 Å². The van der Waals surface area contributed by atoms with Crippen LogP contribution in [0.15, 0.2) is 42.7 Å². The molecule has 134 valence electrons. The summed E-state index contributed by atoms with van der Waals surface area (Å²) in [6.45, 7) is 5.17. The Kier molecular flexibility index (Phi) is 7.22. The topological polar surface area (TPSA) is 72.5 Å². The minimum absolute atomic E-state index is 0.141. The van der Waals surface area contributed by atoms with Gasteiger partial charge in [-0.25, -0.2) is 0 Å². The molecule has 0 saturated carbocycles. The molecule has 1 heterocycles. The molecule has 6 heteroatoms. The lowest BCUT2D eigenvalue weighted by atomic mass is 10.2. The van der Waals surface area contributed by atoms with Crippen LogP contribution in [0.3, 0.4) is 0 Å². The molecule has 0 unspecified atom stereocenters. The van der Waals surface area contributed by atoms with Crippen LogP contribution in [0.5, 0.6) is 5.75 Å². The normalized spacial score (nSPS) is 10.6. The van der Waals surface area contributed by atoms with E-state index in [0.29, 0.717) is 18.7 Å². The highest BCUT2D eigenvalue weighted by molar-refractivity contribution is 5.94. The fourth-order valence-corrected chi connectivity index (χ4v) is 2.21. The summed E-state index contributed by atoms with van der Waals surface area (Å²) in [7, 11) is 1.64. The number of aromatic nitrogens is 1. The Bertz CT molecular complexity index is 672. The van der Waals surface area contributed by atoms with Crippen molar-refractivity contribution in [3.05, 3.63) is 48.3 Å². The number of ether oxygens (including phenoxy) is 2. The summed E-state index contributed by atoms with van der Waals surface area (Å²) in [5.41, 5.74) is 2.17. The van der Waals surface area contributed by atoms with E-state index >= 15 is 0 Å². The molecule has 0 spiro atoms. The zero-order valence-corrected chi connectivity index (χ0v) is 14.9. The van der Waals surface area contributed by atoms with Crippen LogP contribution < -0.4 is 15.4 Å². The zero-order valence-electron chi connectivity index (χ0n) is 14.9. The van der Waals surface area contributed by atoms with Crippen molar-refractivity contribution in [3.8, 4) is 5.75 Å². The van der Waals surface area contributed by atoms with Crippen molar-refractivity contribution in [2.45, 2.75) is 26.4 Å². The third-order valence-electron chi connectivity index (χ3n) is 3.33. The molecule has 2 N–H and O–H groups in total. The van der Waals surface area contributed by atoms with Crippen LogP contribution in [0, 0.1) is 0 Å². The Labute approximate surface area is 148 Å². The van der Waals surface area contributed by atoms with Gasteiger partial charge in [0.1, 0.15) is 5.75 Å². The van der Waals surface area contributed by atoms with Gasteiger partial charge in [0.05, 0.1) is 23.6 Å². The van der Waals surface area contributed by atoms with Crippen molar-refractivity contribution >= 4 is 17.3 Å². The van der Waals surface area contributed by atoms with Crippen molar-refractivity contribution in [1.29, 1.82) is 0 Å². The molecule has 1 aromatic carbocycles. The highest BCUT2D eigenvalue weighted by Gasteiger charge is 2.07. The first kappa shape index (κ1) is 18.7. The van der Waals surface area contributed by atoms with Crippen molar-refractivity contribution in [3.63, 3.8) is 0 Å². The van der Waals surface area contributed by atoms with Crippen LogP contribution in [0.4, 0.5) is 11.4 Å². The minimum atomic E-state index is -0.145. The van der Waals surface area contributed by atoms with Gasteiger partial charge in [-0.3, -0.25) is 9.78 Å². The minimum Gasteiger partial charge on any atom is -0.491 e.